The topological polar surface area (TPSA) is 78.8 Å². The van der Waals surface area contributed by atoms with Crippen LogP contribution in [-0.2, 0) is 15.9 Å². The van der Waals surface area contributed by atoms with Crippen molar-refractivity contribution in [1.29, 1.82) is 0 Å². The molecule has 0 saturated carbocycles. The predicted octanol–water partition coefficient (Wildman–Crippen LogP) is -0.315. The molecule has 5 nitrogen and oxygen atoms in total. The van der Waals surface area contributed by atoms with E-state index in [1.165, 1.54) is 25.3 Å². The van der Waals surface area contributed by atoms with Gasteiger partial charge in [0.2, 0.25) is 0 Å². The van der Waals surface area contributed by atoms with Crippen LogP contribution >= 0.6 is 0 Å². The van der Waals surface area contributed by atoms with E-state index in [1.54, 1.807) is 6.07 Å². The van der Waals surface area contributed by atoms with Crippen LogP contribution < -0.4 is 5.23 Å². The van der Waals surface area contributed by atoms with Crippen LogP contribution in [-0.4, -0.2) is 43.1 Å². The van der Waals surface area contributed by atoms with Crippen molar-refractivity contribution < 1.29 is 24.1 Å². The first-order chi connectivity index (χ1) is 8.54. The number of carboxylic acid groups (broad SMARTS) is 1. The first-order valence-electron chi connectivity index (χ1n) is 5.42. The summed E-state index contributed by atoms with van der Waals surface area (Å²) in [6, 6.07) is 5.05. The lowest BCUT2D eigenvalue weighted by Crippen LogP contribution is -2.47. The summed E-state index contributed by atoms with van der Waals surface area (Å²) in [5.41, 5.74) is 0.601. The molecule has 0 aliphatic heterocycles. The fraction of sp³-hybridized carbons (Fsp3) is 0.364. The monoisotopic (exact) mass is 255 g/mol. The number of aliphatic hydroxyl groups excluding tert-OH is 1. The van der Waals surface area contributed by atoms with E-state index in [1.807, 2.05) is 0 Å². The predicted molar refractivity (Wildman–Crippen MR) is 64.8 cm³/mol. The molecule has 0 spiro atoms. The lowest BCUT2D eigenvalue weighted by Gasteiger charge is -2.20. The Balaban J connectivity index is 2.74. The Kier molecular flexibility index (Phi) is 5.77. The maximum absolute atomic E-state index is 13.0. The molecule has 0 bridgehead atoms. The average molecular weight is 255 g/mol. The van der Waals surface area contributed by atoms with Crippen LogP contribution in [0, 0.1) is 5.82 Å². The van der Waals surface area contributed by atoms with Crippen LogP contribution in [0.3, 0.4) is 0 Å². The Morgan fingerprint density at radius 1 is 1.61 bits per heavy atom. The Morgan fingerprint density at radius 2 is 2.33 bits per heavy atom. The van der Waals surface area contributed by atoms with Gasteiger partial charge in [-0.25, -0.2) is 9.18 Å². The van der Waals surface area contributed by atoms with Crippen LogP contribution in [0.15, 0.2) is 24.3 Å². The maximum Gasteiger partial charge on any atom is 0.360 e. The Labute approximate surface area is 105 Å². The van der Waals surface area contributed by atoms with E-state index in [2.05, 4.69) is 5.23 Å². The molecule has 0 saturated heterocycles. The zero-order chi connectivity index (χ0) is 13.5. The highest BCUT2D eigenvalue weighted by molar-refractivity contribution is 6.23. The SMILES string of the molecule is COBNC(Cc1cccc(F)c1)C(O)C(=O)O. The summed E-state index contributed by atoms with van der Waals surface area (Å²) < 4.78 is 17.8. The molecule has 2 unspecified atom stereocenters. The van der Waals surface area contributed by atoms with Crippen molar-refractivity contribution in [2.75, 3.05) is 7.11 Å². The number of carbonyl (C=O) groups is 1. The molecule has 0 aliphatic rings. The smallest absolute Gasteiger partial charge is 0.360 e. The summed E-state index contributed by atoms with van der Waals surface area (Å²) in [6.07, 6.45) is -1.39. The van der Waals surface area contributed by atoms with E-state index in [0.29, 0.717) is 5.56 Å². The van der Waals surface area contributed by atoms with Gasteiger partial charge in [-0.1, -0.05) is 12.1 Å². The van der Waals surface area contributed by atoms with Crippen LogP contribution in [0.5, 0.6) is 0 Å². The molecule has 18 heavy (non-hydrogen) atoms. The molecular formula is C11H15BFNO4. The minimum atomic E-state index is -1.58. The molecule has 0 radical (unpaired) electrons. The van der Waals surface area contributed by atoms with E-state index in [0.717, 1.165) is 0 Å². The maximum atomic E-state index is 13.0. The first-order valence-corrected chi connectivity index (χ1v) is 5.42. The standard InChI is InChI=1S/C11H15BFNO4/c1-18-12-14-9(10(15)11(16)17)6-7-3-2-4-8(13)5-7/h2-5,9-10,12,14-15H,6H2,1H3,(H,16,17). The second kappa shape index (κ2) is 7.10. The molecule has 1 aromatic rings. The second-order valence-electron chi connectivity index (χ2n) is 3.86. The van der Waals surface area contributed by atoms with Gasteiger partial charge < -0.3 is 20.1 Å². The van der Waals surface area contributed by atoms with E-state index >= 15 is 0 Å². The molecular weight excluding hydrogens is 240 g/mol. The van der Waals surface area contributed by atoms with Gasteiger partial charge >= 0.3 is 13.6 Å². The second-order valence-corrected chi connectivity index (χ2v) is 3.86. The summed E-state index contributed by atoms with van der Waals surface area (Å²) >= 11 is 0. The van der Waals surface area contributed by atoms with Crippen molar-refractivity contribution in [2.45, 2.75) is 18.6 Å². The highest BCUT2D eigenvalue weighted by Crippen LogP contribution is 2.09. The molecule has 0 aliphatic carbocycles. The number of aliphatic hydroxyl groups is 1. The zero-order valence-electron chi connectivity index (χ0n) is 9.97. The van der Waals surface area contributed by atoms with Crippen molar-refractivity contribution in [1.82, 2.24) is 5.23 Å². The van der Waals surface area contributed by atoms with E-state index in [-0.39, 0.29) is 14.0 Å². The van der Waals surface area contributed by atoms with Crippen LogP contribution in [0.25, 0.3) is 0 Å². The summed E-state index contributed by atoms with van der Waals surface area (Å²) in [5.74, 6) is -1.73. The molecule has 3 N–H and O–H groups in total. The van der Waals surface area contributed by atoms with E-state index in [4.69, 9.17) is 9.76 Å². The third kappa shape index (κ3) is 4.44. The number of hydrogen-bond donors (Lipinski definition) is 3. The molecule has 7 heteroatoms. The zero-order valence-corrected chi connectivity index (χ0v) is 9.97. The number of nitrogens with one attached hydrogen (secondary N) is 1. The Morgan fingerprint density at radius 3 is 2.89 bits per heavy atom. The molecule has 2 atom stereocenters. The number of carboxylic acids is 1. The van der Waals surface area contributed by atoms with Crippen LogP contribution in [0.2, 0.25) is 0 Å². The summed E-state index contributed by atoms with van der Waals surface area (Å²) in [5, 5.41) is 21.1. The molecule has 0 heterocycles. The van der Waals surface area contributed by atoms with Crippen molar-refractivity contribution in [2.24, 2.45) is 0 Å². The van der Waals surface area contributed by atoms with Gasteiger partial charge in [0.05, 0.1) is 0 Å². The fourth-order valence-electron chi connectivity index (χ4n) is 1.58. The van der Waals surface area contributed by atoms with Gasteiger partial charge in [-0.15, -0.1) is 0 Å². The Hall–Kier alpha value is -1.44. The van der Waals surface area contributed by atoms with E-state index < -0.39 is 23.9 Å². The lowest BCUT2D eigenvalue weighted by atomic mass is 9.98. The highest BCUT2D eigenvalue weighted by atomic mass is 19.1. The summed E-state index contributed by atoms with van der Waals surface area (Å²) in [4.78, 5) is 10.8. The fourth-order valence-corrected chi connectivity index (χ4v) is 1.58. The molecule has 0 amide bonds. The van der Waals surface area contributed by atoms with Crippen molar-refractivity contribution in [3.63, 3.8) is 0 Å². The minimum Gasteiger partial charge on any atom is -0.479 e. The van der Waals surface area contributed by atoms with Gasteiger partial charge in [0.25, 0.3) is 0 Å². The summed E-state index contributed by atoms with van der Waals surface area (Å²) in [6.45, 7) is 0. The quantitative estimate of drug-likeness (QED) is 0.582. The number of hydrogen-bond acceptors (Lipinski definition) is 4. The van der Waals surface area contributed by atoms with Crippen molar-refractivity contribution in [3.05, 3.63) is 35.6 Å². The van der Waals surface area contributed by atoms with Gasteiger partial charge in [-0.05, 0) is 24.1 Å². The normalized spacial score (nSPS) is 13.9. The Bertz CT molecular complexity index is 404. The van der Waals surface area contributed by atoms with Gasteiger partial charge in [-0.3, -0.25) is 0 Å². The van der Waals surface area contributed by atoms with E-state index in [9.17, 15) is 14.3 Å². The number of benzene rings is 1. The molecule has 1 aromatic carbocycles. The van der Waals surface area contributed by atoms with Gasteiger partial charge in [0.1, 0.15) is 5.82 Å². The molecule has 1 rings (SSSR count). The molecule has 0 fully saturated rings. The van der Waals surface area contributed by atoms with Crippen molar-refractivity contribution in [3.8, 4) is 0 Å². The van der Waals surface area contributed by atoms with Crippen LogP contribution in [0.1, 0.15) is 5.56 Å². The van der Waals surface area contributed by atoms with Gasteiger partial charge in [0, 0.05) is 13.2 Å². The third-order valence-electron chi connectivity index (χ3n) is 2.47. The minimum absolute atomic E-state index is 0.102. The molecule has 98 valence electrons. The summed E-state index contributed by atoms with van der Waals surface area (Å²) in [7, 11) is 1.55. The number of rotatable bonds is 7. The van der Waals surface area contributed by atoms with Crippen LogP contribution in [0.4, 0.5) is 4.39 Å². The molecule has 0 aromatic heterocycles. The van der Waals surface area contributed by atoms with Gasteiger partial charge in [0.15, 0.2) is 6.10 Å². The van der Waals surface area contributed by atoms with Gasteiger partial charge in [-0.2, -0.15) is 0 Å². The first kappa shape index (κ1) is 14.6. The average Bonchev–Trinajstić information content (AvgIpc) is 2.33. The largest absolute Gasteiger partial charge is 0.479 e. The highest BCUT2D eigenvalue weighted by Gasteiger charge is 2.25. The number of halogens is 1. The number of aliphatic carboxylic acids is 1. The lowest BCUT2D eigenvalue weighted by molar-refractivity contribution is -0.147. The third-order valence-corrected chi connectivity index (χ3v) is 2.47. The van der Waals surface area contributed by atoms with Crippen molar-refractivity contribution >= 4 is 13.6 Å².